The van der Waals surface area contributed by atoms with Crippen molar-refractivity contribution in [3.8, 4) is 0 Å². The van der Waals surface area contributed by atoms with E-state index in [0.717, 1.165) is 5.56 Å². The molecule has 0 aliphatic heterocycles. The number of sulfonamides is 1. The summed E-state index contributed by atoms with van der Waals surface area (Å²) in [6.07, 6.45) is 0. The quantitative estimate of drug-likeness (QED) is 0.636. The van der Waals surface area contributed by atoms with Gasteiger partial charge in [0.05, 0.1) is 10.8 Å². The number of hydrogen-bond donors (Lipinski definition) is 0. The molecule has 1 aromatic carbocycles. The van der Waals surface area contributed by atoms with Gasteiger partial charge in [-0.15, -0.1) is 11.6 Å². The van der Waals surface area contributed by atoms with Gasteiger partial charge in [0.2, 0.25) is 0 Å². The van der Waals surface area contributed by atoms with Crippen LogP contribution in [0.2, 0.25) is 0 Å². The largest absolute Gasteiger partial charge is 0.283 e. The van der Waals surface area contributed by atoms with Crippen molar-refractivity contribution in [2.75, 3.05) is 5.88 Å². The predicted molar refractivity (Wildman–Crippen MR) is 65.4 cm³/mol. The lowest BCUT2D eigenvalue weighted by molar-refractivity contribution is 0.598. The van der Waals surface area contributed by atoms with E-state index >= 15 is 0 Å². The number of halogens is 2. The molecule has 0 aliphatic carbocycles. The van der Waals surface area contributed by atoms with Gasteiger partial charge in [-0.1, -0.05) is 17.7 Å². The Hall–Kier alpha value is -0.390. The molecular weight excluding hydrogens is 302 g/mol. The summed E-state index contributed by atoms with van der Waals surface area (Å²) in [7, 11) is -3.63. The molecule has 0 aromatic heterocycles. The molecule has 0 atom stereocenters. The summed E-state index contributed by atoms with van der Waals surface area (Å²) in [6.45, 7) is 1.88. The normalized spacial score (nSPS) is 12.9. The highest BCUT2D eigenvalue weighted by Crippen LogP contribution is 2.14. The van der Waals surface area contributed by atoms with Crippen molar-refractivity contribution in [2.24, 2.45) is 4.40 Å². The van der Waals surface area contributed by atoms with Gasteiger partial charge in [0, 0.05) is 0 Å². The van der Waals surface area contributed by atoms with E-state index in [9.17, 15) is 8.42 Å². The zero-order valence-electron chi connectivity index (χ0n) is 7.94. The minimum absolute atomic E-state index is 0.0328. The molecule has 0 fully saturated rings. The lowest BCUT2D eigenvalue weighted by atomic mass is 10.2. The number of aryl methyl sites for hydroxylation is 1. The van der Waals surface area contributed by atoms with Crippen molar-refractivity contribution in [1.82, 2.24) is 0 Å². The Labute approximate surface area is 102 Å². The first-order valence-corrected chi connectivity index (χ1v) is 6.84. The van der Waals surface area contributed by atoms with Crippen molar-refractivity contribution in [2.45, 2.75) is 11.8 Å². The van der Waals surface area contributed by atoms with E-state index in [2.05, 4.69) is 20.3 Å². The fourth-order valence-corrected chi connectivity index (χ4v) is 2.53. The van der Waals surface area contributed by atoms with Gasteiger partial charge < -0.3 is 0 Å². The van der Waals surface area contributed by atoms with E-state index in [0.29, 0.717) is 0 Å². The van der Waals surface area contributed by atoms with Crippen molar-refractivity contribution in [3.05, 3.63) is 29.8 Å². The Morgan fingerprint density at radius 3 is 2.40 bits per heavy atom. The monoisotopic (exact) mass is 309 g/mol. The van der Waals surface area contributed by atoms with E-state index in [1.54, 1.807) is 12.1 Å². The van der Waals surface area contributed by atoms with Crippen LogP contribution in [0.15, 0.2) is 33.6 Å². The molecule has 3 nitrogen and oxygen atoms in total. The lowest BCUT2D eigenvalue weighted by Crippen LogP contribution is -2.00. The lowest BCUT2D eigenvalue weighted by Gasteiger charge is -1.99. The Bertz CT molecular complexity index is 467. The van der Waals surface area contributed by atoms with Gasteiger partial charge in [0.15, 0.2) is 0 Å². The second-order valence-electron chi connectivity index (χ2n) is 2.89. The molecule has 6 heteroatoms. The Morgan fingerprint density at radius 1 is 1.40 bits per heavy atom. The van der Waals surface area contributed by atoms with Gasteiger partial charge >= 0.3 is 0 Å². The van der Waals surface area contributed by atoms with Gasteiger partial charge in [-0.3, -0.25) is 0 Å². The second-order valence-corrected chi connectivity index (χ2v) is 5.68. The summed E-state index contributed by atoms with van der Waals surface area (Å²) in [5.74, 6) is 0.0328. The van der Waals surface area contributed by atoms with Crippen LogP contribution in [0.4, 0.5) is 0 Å². The van der Waals surface area contributed by atoms with Crippen molar-refractivity contribution < 1.29 is 8.42 Å². The van der Waals surface area contributed by atoms with Crippen LogP contribution in [0.3, 0.4) is 0 Å². The topological polar surface area (TPSA) is 46.5 Å². The molecular formula is C9H9BrClNO2S. The van der Waals surface area contributed by atoms with Crippen molar-refractivity contribution >= 4 is 42.2 Å². The fraction of sp³-hybridized carbons (Fsp3) is 0.222. The molecule has 82 valence electrons. The highest BCUT2D eigenvalue weighted by Gasteiger charge is 2.12. The summed E-state index contributed by atoms with van der Waals surface area (Å²) >= 11 is 8.39. The highest BCUT2D eigenvalue weighted by molar-refractivity contribution is 9.18. The molecule has 0 aliphatic rings. The van der Waals surface area contributed by atoms with Crippen LogP contribution >= 0.6 is 27.5 Å². The molecule has 0 saturated heterocycles. The second kappa shape index (κ2) is 5.09. The van der Waals surface area contributed by atoms with Crippen LogP contribution < -0.4 is 0 Å². The number of hydrogen-bond acceptors (Lipinski definition) is 2. The molecule has 0 spiro atoms. The molecule has 0 saturated carbocycles. The SMILES string of the molecule is Cc1ccc(S(=O)(=O)/N=C(\Br)CCl)cc1. The third-order valence-electron chi connectivity index (χ3n) is 1.65. The third kappa shape index (κ3) is 3.59. The number of benzene rings is 1. The molecule has 1 rings (SSSR count). The molecule has 0 unspecified atom stereocenters. The van der Waals surface area contributed by atoms with Crippen molar-refractivity contribution in [3.63, 3.8) is 0 Å². The molecule has 0 N–H and O–H groups in total. The Morgan fingerprint density at radius 2 is 1.93 bits per heavy atom. The predicted octanol–water partition coefficient (Wildman–Crippen LogP) is 2.72. The van der Waals surface area contributed by atoms with Crippen LogP contribution in [0.25, 0.3) is 0 Å². The molecule has 1 aromatic rings. The fourth-order valence-electron chi connectivity index (χ4n) is 0.918. The standard InChI is InChI=1S/C9H9BrClNO2S/c1-7-2-4-8(5-3-7)15(13,14)12-9(10)6-11/h2-5H,6H2,1H3/b12-9-. The highest BCUT2D eigenvalue weighted by atomic mass is 79.9. The molecule has 0 radical (unpaired) electrons. The van der Waals surface area contributed by atoms with E-state index in [1.165, 1.54) is 12.1 Å². The Balaban J connectivity index is 3.13. The summed E-state index contributed by atoms with van der Waals surface area (Å²) < 4.78 is 27.0. The summed E-state index contributed by atoms with van der Waals surface area (Å²) in [6, 6.07) is 6.47. The molecule has 15 heavy (non-hydrogen) atoms. The Kier molecular flexibility index (Phi) is 4.31. The maximum absolute atomic E-state index is 11.6. The van der Waals surface area contributed by atoms with Gasteiger partial charge in [-0.2, -0.15) is 12.8 Å². The van der Waals surface area contributed by atoms with Crippen LogP contribution in [-0.4, -0.2) is 18.9 Å². The first-order chi connectivity index (χ1) is 6.95. The number of rotatable bonds is 3. The van der Waals surface area contributed by atoms with E-state index in [4.69, 9.17) is 11.6 Å². The van der Waals surface area contributed by atoms with Crippen LogP contribution in [0.1, 0.15) is 5.56 Å². The summed E-state index contributed by atoms with van der Waals surface area (Å²) in [5, 5.41) is 0. The van der Waals surface area contributed by atoms with Crippen LogP contribution in [0.5, 0.6) is 0 Å². The van der Waals surface area contributed by atoms with Crippen LogP contribution in [-0.2, 0) is 10.0 Å². The smallest absolute Gasteiger partial charge is 0.199 e. The number of alkyl halides is 1. The van der Waals surface area contributed by atoms with E-state index < -0.39 is 10.0 Å². The van der Waals surface area contributed by atoms with Gasteiger partial charge in [0.1, 0.15) is 4.62 Å². The first-order valence-electron chi connectivity index (χ1n) is 4.07. The average molecular weight is 311 g/mol. The van der Waals surface area contributed by atoms with Crippen LogP contribution in [0, 0.1) is 6.92 Å². The van der Waals surface area contributed by atoms with Gasteiger partial charge in [-0.25, -0.2) is 0 Å². The zero-order valence-corrected chi connectivity index (χ0v) is 11.1. The molecule has 0 bridgehead atoms. The van der Waals surface area contributed by atoms with Crippen molar-refractivity contribution in [1.29, 1.82) is 0 Å². The minimum atomic E-state index is -3.63. The first kappa shape index (κ1) is 12.7. The van der Waals surface area contributed by atoms with Gasteiger partial charge in [-0.05, 0) is 35.0 Å². The summed E-state index contributed by atoms with van der Waals surface area (Å²) in [4.78, 5) is 0.162. The maximum atomic E-state index is 11.6. The zero-order chi connectivity index (χ0) is 11.5. The third-order valence-corrected chi connectivity index (χ3v) is 4.25. The summed E-state index contributed by atoms with van der Waals surface area (Å²) in [5.41, 5.74) is 0.995. The van der Waals surface area contributed by atoms with Gasteiger partial charge in [0.25, 0.3) is 10.0 Å². The van der Waals surface area contributed by atoms with E-state index in [1.807, 2.05) is 6.92 Å². The number of nitrogens with zero attached hydrogens (tertiary/aromatic N) is 1. The molecule has 0 amide bonds. The maximum Gasteiger partial charge on any atom is 0.283 e. The average Bonchev–Trinajstić information content (AvgIpc) is 2.17. The minimum Gasteiger partial charge on any atom is -0.199 e. The van der Waals surface area contributed by atoms with E-state index in [-0.39, 0.29) is 15.4 Å². The molecule has 0 heterocycles.